The number of carbonyl (C=O) groups is 1. The molecule has 1 aliphatic rings. The molecule has 3 nitrogen and oxygen atoms in total. The summed E-state index contributed by atoms with van der Waals surface area (Å²) in [5, 5.41) is 0. The van der Waals surface area contributed by atoms with Crippen LogP contribution in [0.4, 0.5) is 0 Å². The number of hydrogen-bond acceptors (Lipinski definition) is 2. The van der Waals surface area contributed by atoms with E-state index in [-0.39, 0.29) is 5.91 Å². The zero-order valence-electron chi connectivity index (χ0n) is 13.3. The average molecular weight is 289 g/mol. The van der Waals surface area contributed by atoms with Crippen LogP contribution >= 0.6 is 0 Å². The van der Waals surface area contributed by atoms with E-state index in [2.05, 4.69) is 0 Å². The van der Waals surface area contributed by atoms with Crippen molar-refractivity contribution in [3.05, 3.63) is 35.9 Å². The molecule has 0 radical (unpaired) electrons. The fourth-order valence-corrected chi connectivity index (χ4v) is 3.19. The second-order valence-corrected chi connectivity index (χ2v) is 5.97. The number of amides is 1. The van der Waals surface area contributed by atoms with Crippen molar-refractivity contribution in [1.82, 2.24) is 4.90 Å². The lowest BCUT2D eigenvalue weighted by Crippen LogP contribution is -2.40. The Morgan fingerprint density at radius 3 is 2.24 bits per heavy atom. The lowest BCUT2D eigenvalue weighted by molar-refractivity contribution is -0.143. The van der Waals surface area contributed by atoms with E-state index in [1.165, 1.54) is 32.1 Å². The minimum atomic E-state index is -0.485. The summed E-state index contributed by atoms with van der Waals surface area (Å²) in [7, 11) is 3.55. The SMILES string of the molecule is COC(C(=O)N(C)C1CCCCCCC1)c1ccccc1. The molecule has 1 amide bonds. The van der Waals surface area contributed by atoms with Crippen LogP contribution in [-0.4, -0.2) is 31.0 Å². The highest BCUT2D eigenvalue weighted by Gasteiger charge is 2.28. The van der Waals surface area contributed by atoms with Gasteiger partial charge in [-0.15, -0.1) is 0 Å². The van der Waals surface area contributed by atoms with Crippen molar-refractivity contribution in [2.24, 2.45) is 0 Å². The molecule has 3 heteroatoms. The number of nitrogens with zero attached hydrogens (tertiary/aromatic N) is 1. The molecule has 1 saturated carbocycles. The number of benzene rings is 1. The summed E-state index contributed by atoms with van der Waals surface area (Å²) in [5.41, 5.74) is 0.933. The van der Waals surface area contributed by atoms with Gasteiger partial charge in [-0.05, 0) is 18.4 Å². The second kappa shape index (κ2) is 8.18. The van der Waals surface area contributed by atoms with Crippen molar-refractivity contribution in [3.8, 4) is 0 Å². The van der Waals surface area contributed by atoms with Gasteiger partial charge in [-0.2, -0.15) is 0 Å². The molecule has 21 heavy (non-hydrogen) atoms. The van der Waals surface area contributed by atoms with Crippen molar-refractivity contribution in [1.29, 1.82) is 0 Å². The first-order chi connectivity index (χ1) is 10.2. The maximum Gasteiger partial charge on any atom is 0.256 e. The van der Waals surface area contributed by atoms with Crippen LogP contribution < -0.4 is 0 Å². The molecule has 1 atom stereocenters. The molecule has 0 spiro atoms. The summed E-state index contributed by atoms with van der Waals surface area (Å²) in [6, 6.07) is 10.1. The number of rotatable bonds is 4. The maximum absolute atomic E-state index is 12.8. The summed E-state index contributed by atoms with van der Waals surface area (Å²) in [5.74, 6) is 0.0780. The Labute approximate surface area is 128 Å². The van der Waals surface area contributed by atoms with Crippen molar-refractivity contribution in [2.45, 2.75) is 57.1 Å². The van der Waals surface area contributed by atoms with E-state index in [1.54, 1.807) is 7.11 Å². The van der Waals surface area contributed by atoms with E-state index in [9.17, 15) is 4.79 Å². The van der Waals surface area contributed by atoms with Crippen LogP contribution in [0.3, 0.4) is 0 Å². The van der Waals surface area contributed by atoms with Crippen LogP contribution in [0.2, 0.25) is 0 Å². The van der Waals surface area contributed by atoms with E-state index in [0.717, 1.165) is 18.4 Å². The Kier molecular flexibility index (Phi) is 6.24. The Bertz CT molecular complexity index is 424. The van der Waals surface area contributed by atoms with E-state index < -0.39 is 6.10 Å². The normalized spacial score (nSPS) is 18.6. The zero-order chi connectivity index (χ0) is 15.1. The molecule has 1 fully saturated rings. The van der Waals surface area contributed by atoms with Crippen LogP contribution in [-0.2, 0) is 9.53 Å². The summed E-state index contributed by atoms with van der Waals surface area (Å²) in [6.45, 7) is 0. The highest BCUT2D eigenvalue weighted by atomic mass is 16.5. The molecule has 0 bridgehead atoms. The quantitative estimate of drug-likeness (QED) is 0.840. The van der Waals surface area contributed by atoms with E-state index >= 15 is 0 Å². The molecule has 1 aromatic rings. The van der Waals surface area contributed by atoms with Gasteiger partial charge in [-0.1, -0.05) is 62.4 Å². The zero-order valence-corrected chi connectivity index (χ0v) is 13.3. The second-order valence-electron chi connectivity index (χ2n) is 5.97. The number of methoxy groups -OCH3 is 1. The number of likely N-dealkylation sites (N-methyl/N-ethyl adjacent to an activating group) is 1. The topological polar surface area (TPSA) is 29.5 Å². The fourth-order valence-electron chi connectivity index (χ4n) is 3.19. The highest BCUT2D eigenvalue weighted by Crippen LogP contribution is 2.25. The standard InChI is InChI=1S/C18H27NO2/c1-19(16-13-9-4-3-5-10-14-16)18(20)17(21-2)15-11-7-6-8-12-15/h6-8,11-12,16-17H,3-5,9-10,13-14H2,1-2H3. The molecule has 0 aliphatic heterocycles. The van der Waals surface area contributed by atoms with Gasteiger partial charge in [0.05, 0.1) is 0 Å². The Morgan fingerprint density at radius 1 is 1.10 bits per heavy atom. The number of ether oxygens (including phenoxy) is 1. The summed E-state index contributed by atoms with van der Waals surface area (Å²) < 4.78 is 5.47. The average Bonchev–Trinajstić information content (AvgIpc) is 2.48. The van der Waals surface area contributed by atoms with E-state index in [4.69, 9.17) is 4.74 Å². The molecule has 1 aliphatic carbocycles. The summed E-state index contributed by atoms with van der Waals surface area (Å²) >= 11 is 0. The number of hydrogen-bond donors (Lipinski definition) is 0. The molecular weight excluding hydrogens is 262 g/mol. The largest absolute Gasteiger partial charge is 0.367 e. The monoisotopic (exact) mass is 289 g/mol. The third-order valence-corrected chi connectivity index (χ3v) is 4.53. The molecule has 116 valence electrons. The van der Waals surface area contributed by atoms with Gasteiger partial charge in [0.2, 0.25) is 0 Å². The molecule has 0 saturated heterocycles. The van der Waals surface area contributed by atoms with Gasteiger partial charge in [0, 0.05) is 20.2 Å². The first kappa shape index (κ1) is 16.0. The Balaban J connectivity index is 2.05. The molecule has 0 heterocycles. The first-order valence-electron chi connectivity index (χ1n) is 8.08. The van der Waals surface area contributed by atoms with Gasteiger partial charge in [0.25, 0.3) is 5.91 Å². The van der Waals surface area contributed by atoms with Crippen molar-refractivity contribution < 1.29 is 9.53 Å². The highest BCUT2D eigenvalue weighted by molar-refractivity contribution is 5.82. The van der Waals surface area contributed by atoms with Crippen molar-refractivity contribution in [3.63, 3.8) is 0 Å². The van der Waals surface area contributed by atoms with Crippen LogP contribution in [0.1, 0.15) is 56.6 Å². The van der Waals surface area contributed by atoms with Gasteiger partial charge in [0.15, 0.2) is 6.10 Å². The maximum atomic E-state index is 12.8. The van der Waals surface area contributed by atoms with Gasteiger partial charge in [-0.3, -0.25) is 4.79 Å². The molecular formula is C18H27NO2. The minimum absolute atomic E-state index is 0.0780. The summed E-state index contributed by atoms with van der Waals surface area (Å²) in [4.78, 5) is 14.7. The van der Waals surface area contributed by atoms with Crippen LogP contribution in [0.5, 0.6) is 0 Å². The lowest BCUT2D eigenvalue weighted by Gasteiger charge is -2.32. The minimum Gasteiger partial charge on any atom is -0.367 e. The smallest absolute Gasteiger partial charge is 0.256 e. The molecule has 1 unspecified atom stereocenters. The molecule has 0 N–H and O–H groups in total. The summed E-state index contributed by atoms with van der Waals surface area (Å²) in [6.07, 6.45) is 8.14. The van der Waals surface area contributed by atoms with Crippen LogP contribution in [0.25, 0.3) is 0 Å². The Hall–Kier alpha value is -1.35. The Morgan fingerprint density at radius 2 is 1.67 bits per heavy atom. The van der Waals surface area contributed by atoms with E-state index in [1.807, 2.05) is 42.3 Å². The van der Waals surface area contributed by atoms with Crippen molar-refractivity contribution >= 4 is 5.91 Å². The first-order valence-corrected chi connectivity index (χ1v) is 8.08. The lowest BCUT2D eigenvalue weighted by atomic mass is 9.95. The fraction of sp³-hybridized carbons (Fsp3) is 0.611. The van der Waals surface area contributed by atoms with Crippen LogP contribution in [0, 0.1) is 0 Å². The van der Waals surface area contributed by atoms with Gasteiger partial charge in [-0.25, -0.2) is 0 Å². The van der Waals surface area contributed by atoms with Crippen molar-refractivity contribution in [2.75, 3.05) is 14.2 Å². The molecule has 2 rings (SSSR count). The van der Waals surface area contributed by atoms with Gasteiger partial charge < -0.3 is 9.64 Å². The predicted octanol–water partition coefficient (Wildman–Crippen LogP) is 3.95. The third-order valence-electron chi connectivity index (χ3n) is 4.53. The molecule has 0 aromatic heterocycles. The molecule has 1 aromatic carbocycles. The van der Waals surface area contributed by atoms with E-state index in [0.29, 0.717) is 6.04 Å². The predicted molar refractivity (Wildman–Crippen MR) is 85.1 cm³/mol. The number of carbonyl (C=O) groups excluding carboxylic acids is 1. The third kappa shape index (κ3) is 4.31. The van der Waals surface area contributed by atoms with Gasteiger partial charge >= 0.3 is 0 Å². The van der Waals surface area contributed by atoms with Crippen LogP contribution in [0.15, 0.2) is 30.3 Å². The van der Waals surface area contributed by atoms with Gasteiger partial charge in [0.1, 0.15) is 0 Å².